The van der Waals surface area contributed by atoms with Gasteiger partial charge in [-0.3, -0.25) is 4.79 Å². The molecule has 0 bridgehead atoms. The van der Waals surface area contributed by atoms with E-state index in [2.05, 4.69) is 11.7 Å². The van der Waals surface area contributed by atoms with Gasteiger partial charge in [-0.25, -0.2) is 0 Å². The van der Waals surface area contributed by atoms with Gasteiger partial charge in [0.15, 0.2) is 0 Å². The van der Waals surface area contributed by atoms with Gasteiger partial charge in [-0.2, -0.15) is 0 Å². The third-order valence-corrected chi connectivity index (χ3v) is 5.13. The molecule has 0 aromatic heterocycles. The second-order valence-electron chi connectivity index (χ2n) is 7.36. The van der Waals surface area contributed by atoms with E-state index in [-0.39, 0.29) is 5.97 Å². The maximum absolute atomic E-state index is 11.0. The van der Waals surface area contributed by atoms with Crippen molar-refractivity contribution in [3.05, 3.63) is 0 Å². The zero-order valence-corrected chi connectivity index (χ0v) is 16.2. The van der Waals surface area contributed by atoms with E-state index >= 15 is 0 Å². The summed E-state index contributed by atoms with van der Waals surface area (Å²) in [5.41, 5.74) is 0. The fourth-order valence-electron chi connectivity index (χ4n) is 3.42. The molecular formula is C21H40O3. The van der Waals surface area contributed by atoms with Crippen LogP contribution >= 0.6 is 0 Å². The first-order chi connectivity index (χ1) is 11.8. The summed E-state index contributed by atoms with van der Waals surface area (Å²) in [6.07, 6.45) is 21.3. The molecule has 0 aromatic rings. The molecule has 0 N–H and O–H groups in total. The van der Waals surface area contributed by atoms with Gasteiger partial charge in [-0.15, -0.1) is 0 Å². The van der Waals surface area contributed by atoms with Crippen molar-refractivity contribution >= 4 is 5.97 Å². The van der Waals surface area contributed by atoms with Gasteiger partial charge in [0.2, 0.25) is 0 Å². The highest BCUT2D eigenvalue weighted by Crippen LogP contribution is 2.31. The molecule has 1 aliphatic heterocycles. The summed E-state index contributed by atoms with van der Waals surface area (Å²) in [6.45, 7) is 2.28. The van der Waals surface area contributed by atoms with Crippen LogP contribution in [0.25, 0.3) is 0 Å². The first-order valence-corrected chi connectivity index (χ1v) is 10.5. The molecule has 1 heterocycles. The Morgan fingerprint density at radius 2 is 1.21 bits per heavy atom. The molecule has 2 atom stereocenters. The highest BCUT2D eigenvalue weighted by molar-refractivity contribution is 5.68. The molecule has 0 spiro atoms. The van der Waals surface area contributed by atoms with E-state index < -0.39 is 0 Å². The summed E-state index contributed by atoms with van der Waals surface area (Å²) in [6, 6.07) is 0. The van der Waals surface area contributed by atoms with Crippen LogP contribution in [-0.2, 0) is 14.3 Å². The van der Waals surface area contributed by atoms with Crippen molar-refractivity contribution in [2.24, 2.45) is 0 Å². The van der Waals surface area contributed by atoms with Gasteiger partial charge in [0.1, 0.15) is 0 Å². The Morgan fingerprint density at radius 3 is 1.71 bits per heavy atom. The molecule has 0 radical (unpaired) electrons. The molecule has 0 aromatic carbocycles. The van der Waals surface area contributed by atoms with E-state index in [0.29, 0.717) is 18.6 Å². The molecule has 2 unspecified atom stereocenters. The monoisotopic (exact) mass is 340 g/mol. The Labute approximate surface area is 149 Å². The zero-order valence-electron chi connectivity index (χ0n) is 16.2. The molecule has 0 amide bonds. The minimum atomic E-state index is -0.104. The van der Waals surface area contributed by atoms with Gasteiger partial charge in [0.05, 0.1) is 19.3 Å². The van der Waals surface area contributed by atoms with E-state index in [9.17, 15) is 4.79 Å². The van der Waals surface area contributed by atoms with Crippen LogP contribution in [0.15, 0.2) is 0 Å². The third kappa shape index (κ3) is 11.9. The van der Waals surface area contributed by atoms with E-state index in [1.54, 1.807) is 0 Å². The number of ether oxygens (including phenoxy) is 2. The lowest BCUT2D eigenvalue weighted by molar-refractivity contribution is -0.140. The Kier molecular flexibility index (Phi) is 13.2. The number of methoxy groups -OCH3 is 1. The van der Waals surface area contributed by atoms with Gasteiger partial charge >= 0.3 is 5.97 Å². The number of hydrogen-bond acceptors (Lipinski definition) is 3. The van der Waals surface area contributed by atoms with Gasteiger partial charge in [-0.05, 0) is 19.3 Å². The van der Waals surface area contributed by atoms with Crippen molar-refractivity contribution in [2.45, 2.75) is 122 Å². The average molecular weight is 341 g/mol. The Bertz CT molecular complexity index is 303. The summed E-state index contributed by atoms with van der Waals surface area (Å²) in [5.74, 6) is -0.104. The maximum Gasteiger partial charge on any atom is 0.305 e. The lowest BCUT2D eigenvalue weighted by Crippen LogP contribution is -2.01. The topological polar surface area (TPSA) is 38.8 Å². The summed E-state index contributed by atoms with van der Waals surface area (Å²) < 4.78 is 10.3. The molecule has 1 rings (SSSR count). The lowest BCUT2D eigenvalue weighted by Gasteiger charge is -2.02. The summed E-state index contributed by atoms with van der Waals surface area (Å²) in [5, 5.41) is 0. The molecular weight excluding hydrogens is 300 g/mol. The first-order valence-electron chi connectivity index (χ1n) is 10.5. The second-order valence-corrected chi connectivity index (χ2v) is 7.36. The number of carbonyl (C=O) groups is 1. The lowest BCUT2D eigenvalue weighted by atomic mass is 10.0. The standard InChI is InChI=1S/C21H40O3/c1-3-4-5-6-7-8-9-10-11-12-13-14-16-19-20(24-19)17-15-18-21(22)23-2/h19-20H,3-18H2,1-2H3. The van der Waals surface area contributed by atoms with Gasteiger partial charge in [0.25, 0.3) is 0 Å². The Balaban J connectivity index is 1.73. The summed E-state index contributed by atoms with van der Waals surface area (Å²) in [4.78, 5) is 11.0. The van der Waals surface area contributed by atoms with Crippen LogP contribution in [0, 0.1) is 0 Å². The Hall–Kier alpha value is -0.570. The number of esters is 1. The molecule has 3 heteroatoms. The van der Waals surface area contributed by atoms with Crippen molar-refractivity contribution in [1.82, 2.24) is 0 Å². The highest BCUT2D eigenvalue weighted by atomic mass is 16.6. The van der Waals surface area contributed by atoms with E-state index in [0.717, 1.165) is 12.8 Å². The SMILES string of the molecule is CCCCCCCCCCCCCCC1OC1CCCC(=O)OC. The van der Waals surface area contributed by atoms with Crippen molar-refractivity contribution in [2.75, 3.05) is 7.11 Å². The van der Waals surface area contributed by atoms with Crippen LogP contribution in [-0.4, -0.2) is 25.3 Å². The van der Waals surface area contributed by atoms with E-state index in [1.165, 1.54) is 90.6 Å². The molecule has 3 nitrogen and oxygen atoms in total. The van der Waals surface area contributed by atoms with E-state index in [1.807, 2.05) is 0 Å². The number of unbranched alkanes of at least 4 members (excludes halogenated alkanes) is 11. The zero-order chi connectivity index (χ0) is 17.5. The minimum absolute atomic E-state index is 0.104. The maximum atomic E-state index is 11.0. The minimum Gasteiger partial charge on any atom is -0.469 e. The van der Waals surface area contributed by atoms with Crippen LogP contribution in [0.2, 0.25) is 0 Å². The van der Waals surface area contributed by atoms with Gasteiger partial charge in [0, 0.05) is 6.42 Å². The van der Waals surface area contributed by atoms with Crippen molar-refractivity contribution < 1.29 is 14.3 Å². The van der Waals surface area contributed by atoms with Crippen LogP contribution in [0.5, 0.6) is 0 Å². The molecule has 0 saturated carbocycles. The fraction of sp³-hybridized carbons (Fsp3) is 0.952. The first kappa shape index (κ1) is 21.5. The van der Waals surface area contributed by atoms with Crippen LogP contribution in [0.3, 0.4) is 0 Å². The quantitative estimate of drug-likeness (QED) is 0.180. The molecule has 1 aliphatic rings. The van der Waals surface area contributed by atoms with Crippen LogP contribution < -0.4 is 0 Å². The van der Waals surface area contributed by atoms with Crippen molar-refractivity contribution in [3.63, 3.8) is 0 Å². The normalized spacial score (nSPS) is 19.4. The Morgan fingerprint density at radius 1 is 0.750 bits per heavy atom. The van der Waals surface area contributed by atoms with Gasteiger partial charge < -0.3 is 9.47 Å². The summed E-state index contributed by atoms with van der Waals surface area (Å²) >= 11 is 0. The van der Waals surface area contributed by atoms with Gasteiger partial charge in [-0.1, -0.05) is 84.0 Å². The molecule has 24 heavy (non-hydrogen) atoms. The van der Waals surface area contributed by atoms with Crippen LogP contribution in [0.4, 0.5) is 0 Å². The molecule has 142 valence electrons. The smallest absolute Gasteiger partial charge is 0.305 e. The third-order valence-electron chi connectivity index (χ3n) is 5.13. The number of rotatable bonds is 17. The number of hydrogen-bond donors (Lipinski definition) is 0. The molecule has 1 saturated heterocycles. The van der Waals surface area contributed by atoms with Crippen LogP contribution in [0.1, 0.15) is 110 Å². The second kappa shape index (κ2) is 14.7. The summed E-state index contributed by atoms with van der Waals surface area (Å²) in [7, 11) is 1.45. The fourth-order valence-corrected chi connectivity index (χ4v) is 3.42. The number of epoxide rings is 1. The molecule has 0 aliphatic carbocycles. The number of carbonyl (C=O) groups excluding carboxylic acids is 1. The van der Waals surface area contributed by atoms with E-state index in [4.69, 9.17) is 4.74 Å². The largest absolute Gasteiger partial charge is 0.469 e. The van der Waals surface area contributed by atoms with Crippen molar-refractivity contribution in [1.29, 1.82) is 0 Å². The average Bonchev–Trinajstić information content (AvgIpc) is 3.34. The highest BCUT2D eigenvalue weighted by Gasteiger charge is 2.37. The molecule has 1 fully saturated rings. The van der Waals surface area contributed by atoms with Crippen molar-refractivity contribution in [3.8, 4) is 0 Å². The predicted octanol–water partition coefficient (Wildman–Crippen LogP) is 6.19. The predicted molar refractivity (Wildman–Crippen MR) is 100 cm³/mol.